The van der Waals surface area contributed by atoms with Crippen molar-refractivity contribution < 1.29 is 19.2 Å². The standard InChI is InChI=1S/C44H38N6O4/c1-19-5-9-26(35(53)11-19)29-15-25-16-32-39-22(4)34(52)12-21(3)38(39)42(47-32)49-44-41-27-10-8-24(14-36(27)54)40(41)43(50-44)48-37-17-28(30(46-37)18-31(29)45-25)23-7-6-20(2)33(51)13-23/h5-10,15-21,23-24,26-27H,4,11-14H2,1-3H3,(H2,46,47,48,49,50). The molecule has 0 spiro atoms. The van der Waals surface area contributed by atoms with Crippen molar-refractivity contribution in [3.05, 3.63) is 101 Å². The van der Waals surface area contributed by atoms with Crippen molar-refractivity contribution in [1.29, 1.82) is 0 Å². The van der Waals surface area contributed by atoms with Crippen LogP contribution < -0.4 is 0 Å². The van der Waals surface area contributed by atoms with Crippen molar-refractivity contribution in [2.75, 3.05) is 0 Å². The Morgan fingerprint density at radius 2 is 1.44 bits per heavy atom. The number of hydrogen-bond acceptors (Lipinski definition) is 8. The van der Waals surface area contributed by atoms with Crippen LogP contribution >= 0.6 is 0 Å². The second-order valence-electron chi connectivity index (χ2n) is 15.9. The minimum Gasteiger partial charge on any atom is -0.340 e. The maximum atomic E-state index is 13.6. The number of H-pyrrole nitrogens is 2. The van der Waals surface area contributed by atoms with Crippen molar-refractivity contribution in [1.82, 2.24) is 29.9 Å². The molecule has 3 aromatic rings. The topological polar surface area (TPSA) is 151 Å². The summed E-state index contributed by atoms with van der Waals surface area (Å²) in [6.07, 6.45) is 15.5. The van der Waals surface area contributed by atoms with Gasteiger partial charge < -0.3 is 9.97 Å². The van der Waals surface area contributed by atoms with Gasteiger partial charge in [0.05, 0.1) is 28.7 Å². The van der Waals surface area contributed by atoms with Crippen LogP contribution in [0.15, 0.2) is 61.2 Å². The number of fused-ring (bicyclic) bond motifs is 12. The zero-order chi connectivity index (χ0) is 37.2. The zero-order valence-corrected chi connectivity index (χ0v) is 30.3. The minimum atomic E-state index is -0.479. The number of aromatic nitrogens is 6. The predicted molar refractivity (Wildman–Crippen MR) is 206 cm³/mol. The number of aromatic amines is 2. The van der Waals surface area contributed by atoms with Gasteiger partial charge in [-0.25, -0.2) is 19.9 Å². The van der Waals surface area contributed by atoms with E-state index < -0.39 is 11.8 Å². The summed E-state index contributed by atoms with van der Waals surface area (Å²) >= 11 is 0. The van der Waals surface area contributed by atoms with Crippen LogP contribution in [-0.2, 0) is 19.2 Å². The average molecular weight is 715 g/mol. The summed E-state index contributed by atoms with van der Waals surface area (Å²) in [5.41, 5.74) is 9.02. The molecule has 6 aliphatic carbocycles. The summed E-state index contributed by atoms with van der Waals surface area (Å²) in [6, 6.07) is 5.83. The lowest BCUT2D eigenvalue weighted by Crippen LogP contribution is -2.28. The number of carbonyl (C=O) groups is 4. The molecule has 2 N–H and O–H groups in total. The lowest BCUT2D eigenvalue weighted by Gasteiger charge is -2.30. The number of ketones is 4. The predicted octanol–water partition coefficient (Wildman–Crippen LogP) is 7.45. The fourth-order valence-electron chi connectivity index (χ4n) is 9.35. The molecule has 11 rings (SSSR count). The zero-order valence-electron chi connectivity index (χ0n) is 30.3. The van der Waals surface area contributed by atoms with Gasteiger partial charge >= 0.3 is 0 Å². The van der Waals surface area contributed by atoms with Gasteiger partial charge in [0.15, 0.2) is 17.4 Å². The molecular weight excluding hydrogens is 677 g/mol. The first-order valence-electron chi connectivity index (χ1n) is 18.9. The van der Waals surface area contributed by atoms with E-state index in [1.165, 1.54) is 0 Å². The van der Waals surface area contributed by atoms with Gasteiger partial charge in [-0.05, 0) is 47.2 Å². The van der Waals surface area contributed by atoms with Gasteiger partial charge in [-0.3, -0.25) is 19.2 Å². The quantitative estimate of drug-likeness (QED) is 0.205. The second kappa shape index (κ2) is 11.8. The Morgan fingerprint density at radius 1 is 0.685 bits per heavy atom. The summed E-state index contributed by atoms with van der Waals surface area (Å²) in [5, 5.41) is 0. The molecule has 7 atom stereocenters. The van der Waals surface area contributed by atoms with Crippen molar-refractivity contribution in [3.63, 3.8) is 0 Å². The van der Waals surface area contributed by atoms with Gasteiger partial charge in [0.25, 0.3) is 0 Å². The number of carbonyl (C=O) groups excluding carboxylic acids is 4. The molecule has 10 heteroatoms. The lowest BCUT2D eigenvalue weighted by molar-refractivity contribution is -0.122. The van der Waals surface area contributed by atoms with Crippen molar-refractivity contribution in [2.24, 2.45) is 29.6 Å². The average Bonchev–Trinajstić information content (AvgIpc) is 3.90. The van der Waals surface area contributed by atoms with E-state index in [9.17, 15) is 19.2 Å². The Bertz CT molecular complexity index is 2650. The number of rotatable bonds is 2. The molecule has 7 unspecified atom stereocenters. The molecule has 3 aromatic heterocycles. The molecule has 54 heavy (non-hydrogen) atoms. The van der Waals surface area contributed by atoms with E-state index >= 15 is 0 Å². The minimum absolute atomic E-state index is 0.0317. The molecule has 0 amide bonds. The van der Waals surface area contributed by atoms with Crippen LogP contribution in [0.4, 0.5) is 0 Å². The molecule has 0 saturated carbocycles. The highest BCUT2D eigenvalue weighted by atomic mass is 16.1. The summed E-state index contributed by atoms with van der Waals surface area (Å²) in [5.74, 6) is -0.167. The molecule has 0 saturated heterocycles. The van der Waals surface area contributed by atoms with Gasteiger partial charge in [0.2, 0.25) is 0 Å². The normalized spacial score (nSPS) is 28.5. The first kappa shape index (κ1) is 32.7. The van der Waals surface area contributed by atoms with Gasteiger partial charge in [-0.1, -0.05) is 63.8 Å². The largest absolute Gasteiger partial charge is 0.340 e. The molecule has 10 nitrogen and oxygen atoms in total. The molecular formula is C44H38N6O4. The van der Waals surface area contributed by atoms with Crippen LogP contribution in [-0.4, -0.2) is 53.0 Å². The highest BCUT2D eigenvalue weighted by molar-refractivity contribution is 6.24. The molecule has 268 valence electrons. The van der Waals surface area contributed by atoms with Crippen LogP contribution in [0, 0.1) is 29.6 Å². The third kappa shape index (κ3) is 4.99. The first-order valence-corrected chi connectivity index (χ1v) is 18.9. The Kier molecular flexibility index (Phi) is 7.15. The number of nitrogens with zero attached hydrogens (tertiary/aromatic N) is 4. The Balaban J connectivity index is 1.31. The molecule has 0 fully saturated rings. The molecule has 10 bridgehead atoms. The smallest absolute Gasteiger partial charge is 0.163 e. The van der Waals surface area contributed by atoms with Crippen LogP contribution in [0.25, 0.3) is 50.7 Å². The van der Waals surface area contributed by atoms with Gasteiger partial charge in [-0.15, -0.1) is 0 Å². The van der Waals surface area contributed by atoms with Crippen LogP contribution in [0.5, 0.6) is 0 Å². The Morgan fingerprint density at radius 3 is 2.24 bits per heavy atom. The van der Waals surface area contributed by atoms with Crippen LogP contribution in [0.2, 0.25) is 0 Å². The monoisotopic (exact) mass is 714 g/mol. The van der Waals surface area contributed by atoms with E-state index in [1.807, 2.05) is 63.3 Å². The van der Waals surface area contributed by atoms with Crippen molar-refractivity contribution in [2.45, 2.75) is 58.3 Å². The van der Waals surface area contributed by atoms with Crippen molar-refractivity contribution >= 4 is 73.8 Å². The summed E-state index contributed by atoms with van der Waals surface area (Å²) in [7, 11) is 0. The van der Waals surface area contributed by atoms with E-state index in [4.69, 9.17) is 19.9 Å². The number of nitrogens with one attached hydrogen (secondary N) is 2. The number of hydrogen-bond donors (Lipinski definition) is 2. The van der Waals surface area contributed by atoms with E-state index in [0.717, 1.165) is 33.4 Å². The van der Waals surface area contributed by atoms with Crippen molar-refractivity contribution in [3.8, 4) is 0 Å². The number of Topliss-reactive ketones (excluding diaryl/α,β-unsaturated/α-hetero) is 4. The Labute approximate surface area is 311 Å². The maximum Gasteiger partial charge on any atom is 0.163 e. The fourth-order valence-corrected chi connectivity index (χ4v) is 9.35. The highest BCUT2D eigenvalue weighted by Crippen LogP contribution is 2.49. The van der Waals surface area contributed by atoms with E-state index in [2.05, 4.69) is 34.8 Å². The fraction of sp³-hybridized carbons (Fsp3) is 0.318. The van der Waals surface area contributed by atoms with E-state index in [-0.39, 0.29) is 52.7 Å². The number of allylic oxidation sites excluding steroid dienone is 10. The highest BCUT2D eigenvalue weighted by Gasteiger charge is 2.43. The van der Waals surface area contributed by atoms with Gasteiger partial charge in [0, 0.05) is 76.8 Å². The van der Waals surface area contributed by atoms with Crippen LogP contribution in [0.1, 0.15) is 98.0 Å². The molecule has 5 heterocycles. The summed E-state index contributed by atoms with van der Waals surface area (Å²) in [4.78, 5) is 80.6. The van der Waals surface area contributed by atoms with E-state index in [1.54, 1.807) is 0 Å². The van der Waals surface area contributed by atoms with Gasteiger partial charge in [0.1, 0.15) is 28.6 Å². The third-order valence-corrected chi connectivity index (χ3v) is 12.2. The molecule has 0 radical (unpaired) electrons. The lowest BCUT2D eigenvalue weighted by atomic mass is 9.71. The van der Waals surface area contributed by atoms with Crippen LogP contribution in [0.3, 0.4) is 0 Å². The SMILES string of the molecule is C=C1C(=O)CC(C)c2c1c1cc3nc(cc4[nH]c(cc4C4C=CC(C)C(=O)C4)nc4nc(nc2[nH]1)C1=C4C2C=CC1C(=O)C2)C(C1C=CC(C)CC1=O)=C3. The molecule has 8 aliphatic rings. The third-order valence-electron chi connectivity index (χ3n) is 12.2. The molecule has 0 aromatic carbocycles. The second-order valence-corrected chi connectivity index (χ2v) is 15.9. The molecule has 2 aliphatic heterocycles. The van der Waals surface area contributed by atoms with E-state index in [0.29, 0.717) is 76.7 Å². The Hall–Kier alpha value is -5.90. The summed E-state index contributed by atoms with van der Waals surface area (Å²) in [6.45, 7) is 10.2. The summed E-state index contributed by atoms with van der Waals surface area (Å²) < 4.78 is 0. The first-order chi connectivity index (χ1) is 26.0. The van der Waals surface area contributed by atoms with Gasteiger partial charge in [-0.2, -0.15) is 0 Å². The maximum absolute atomic E-state index is 13.6.